The Labute approximate surface area is 189 Å². The van der Waals surface area contributed by atoms with Crippen LogP contribution < -0.4 is 10.2 Å². The molecule has 0 bridgehead atoms. The van der Waals surface area contributed by atoms with Gasteiger partial charge in [0.15, 0.2) is 0 Å². The molecule has 1 aromatic carbocycles. The van der Waals surface area contributed by atoms with Gasteiger partial charge in [-0.3, -0.25) is 24.3 Å². The van der Waals surface area contributed by atoms with Gasteiger partial charge in [0, 0.05) is 31.2 Å². The number of ether oxygens (including phenoxy) is 1. The largest absolute Gasteiger partial charge is 0.379 e. The lowest BCUT2D eigenvalue weighted by molar-refractivity contribution is -0.120. The van der Waals surface area contributed by atoms with Gasteiger partial charge in [-0.1, -0.05) is 24.6 Å². The number of morpholine rings is 1. The maximum Gasteiger partial charge on any atom is 0.253 e. The first-order valence-corrected chi connectivity index (χ1v) is 11.9. The number of fused-ring (bicyclic) bond motifs is 1. The van der Waals surface area contributed by atoms with Crippen molar-refractivity contribution >= 4 is 23.2 Å². The highest BCUT2D eigenvalue weighted by molar-refractivity contribution is 6.13. The topological polar surface area (TPSA) is 65.1 Å². The number of carbonyl (C=O) groups excluding carboxylic acids is 2. The van der Waals surface area contributed by atoms with Crippen LogP contribution >= 0.6 is 0 Å². The van der Waals surface area contributed by atoms with Crippen molar-refractivity contribution < 1.29 is 14.3 Å². The molecule has 0 spiro atoms. The second-order valence-electron chi connectivity index (χ2n) is 9.04. The predicted molar refractivity (Wildman–Crippen MR) is 124 cm³/mol. The molecule has 2 amide bonds. The number of nitrogens with one attached hydrogen (secondary N) is 1. The summed E-state index contributed by atoms with van der Waals surface area (Å²) in [5, 5.41) is 3.02. The predicted octanol–water partition coefficient (Wildman–Crippen LogP) is 2.76. The van der Waals surface area contributed by atoms with Gasteiger partial charge in [-0.15, -0.1) is 0 Å². The molecule has 2 saturated heterocycles. The zero-order valence-corrected chi connectivity index (χ0v) is 18.6. The van der Waals surface area contributed by atoms with Crippen molar-refractivity contribution in [2.45, 2.75) is 38.1 Å². The Morgan fingerprint density at radius 2 is 1.97 bits per heavy atom. The maximum atomic E-state index is 13.8. The minimum Gasteiger partial charge on any atom is -0.379 e. The SMILES string of the molecule is O=C1Nc2ccccc2N(C(=O)CN2CCCCC2CN2CCOCC2)C2=C1CCC=C2. The average Bonchev–Trinajstić information content (AvgIpc) is 2.95. The molecule has 1 atom stereocenters. The van der Waals surface area contributed by atoms with Crippen LogP contribution in [0.25, 0.3) is 0 Å². The van der Waals surface area contributed by atoms with Crippen molar-refractivity contribution in [2.24, 2.45) is 0 Å². The average molecular weight is 437 g/mol. The number of amides is 2. The molecule has 1 aliphatic carbocycles. The fourth-order valence-corrected chi connectivity index (χ4v) is 5.26. The summed E-state index contributed by atoms with van der Waals surface area (Å²) >= 11 is 0. The molecular formula is C25H32N4O3. The smallest absolute Gasteiger partial charge is 0.253 e. The number of likely N-dealkylation sites (tertiary alicyclic amines) is 1. The van der Waals surface area contributed by atoms with Gasteiger partial charge >= 0.3 is 0 Å². The molecule has 2 fully saturated rings. The van der Waals surface area contributed by atoms with Crippen molar-refractivity contribution in [2.75, 3.05) is 56.2 Å². The van der Waals surface area contributed by atoms with E-state index < -0.39 is 0 Å². The standard InChI is InChI=1S/C25H32N4O3/c30-24(18-28-12-6-5-7-19(28)17-27-13-15-32-16-14-27)29-22-10-3-1-8-20(22)25(31)26-21-9-2-4-11-23(21)29/h2-4,9-11,19H,1,5-8,12-18H2,(H,26,31). The number of allylic oxidation sites excluding steroid dienone is 2. The Hall–Kier alpha value is -2.48. The molecule has 1 aromatic rings. The number of hydrogen-bond donors (Lipinski definition) is 1. The monoisotopic (exact) mass is 436 g/mol. The highest BCUT2D eigenvalue weighted by Gasteiger charge is 2.34. The van der Waals surface area contributed by atoms with Crippen LogP contribution in [0.4, 0.5) is 11.4 Å². The van der Waals surface area contributed by atoms with Crippen molar-refractivity contribution in [1.29, 1.82) is 0 Å². The van der Waals surface area contributed by atoms with Gasteiger partial charge in [0.25, 0.3) is 5.91 Å². The number of benzene rings is 1. The molecule has 170 valence electrons. The molecular weight excluding hydrogens is 404 g/mol. The van der Waals surface area contributed by atoms with Crippen LogP contribution in [-0.4, -0.2) is 73.6 Å². The number of anilines is 2. The molecule has 7 heteroatoms. The Morgan fingerprint density at radius 3 is 2.84 bits per heavy atom. The lowest BCUT2D eigenvalue weighted by atomic mass is 9.99. The summed E-state index contributed by atoms with van der Waals surface area (Å²) in [7, 11) is 0. The fraction of sp³-hybridized carbons (Fsp3) is 0.520. The quantitative estimate of drug-likeness (QED) is 0.786. The summed E-state index contributed by atoms with van der Waals surface area (Å²) in [6.07, 6.45) is 8.93. The van der Waals surface area contributed by atoms with E-state index in [-0.39, 0.29) is 11.8 Å². The number of hydrogen-bond acceptors (Lipinski definition) is 5. The highest BCUT2D eigenvalue weighted by Crippen LogP contribution is 2.36. The molecule has 1 N–H and O–H groups in total. The molecule has 0 radical (unpaired) electrons. The van der Waals surface area contributed by atoms with Crippen LogP contribution in [0.5, 0.6) is 0 Å². The molecule has 32 heavy (non-hydrogen) atoms. The van der Waals surface area contributed by atoms with E-state index in [0.717, 1.165) is 70.0 Å². The number of nitrogens with zero attached hydrogens (tertiary/aromatic N) is 3. The van der Waals surface area contributed by atoms with E-state index in [2.05, 4.69) is 21.2 Å². The Balaban J connectivity index is 1.40. The third-order valence-electron chi connectivity index (χ3n) is 6.96. The minimum absolute atomic E-state index is 0.0295. The van der Waals surface area contributed by atoms with Crippen LogP contribution in [0.15, 0.2) is 47.7 Å². The molecule has 3 heterocycles. The van der Waals surface area contributed by atoms with Crippen LogP contribution in [0.2, 0.25) is 0 Å². The van der Waals surface area contributed by atoms with Crippen molar-refractivity contribution in [3.05, 3.63) is 47.7 Å². The minimum atomic E-state index is -0.102. The van der Waals surface area contributed by atoms with E-state index in [4.69, 9.17) is 4.74 Å². The van der Waals surface area contributed by atoms with E-state index in [1.54, 1.807) is 4.90 Å². The van der Waals surface area contributed by atoms with Gasteiger partial charge in [0.05, 0.1) is 36.8 Å². The summed E-state index contributed by atoms with van der Waals surface area (Å²) in [6.45, 7) is 5.80. The summed E-state index contributed by atoms with van der Waals surface area (Å²) in [4.78, 5) is 33.3. The summed E-state index contributed by atoms with van der Waals surface area (Å²) in [5.41, 5.74) is 2.87. The Bertz CT molecular complexity index is 935. The molecule has 7 nitrogen and oxygen atoms in total. The van der Waals surface area contributed by atoms with Crippen molar-refractivity contribution in [3.8, 4) is 0 Å². The van der Waals surface area contributed by atoms with E-state index in [1.807, 2.05) is 30.3 Å². The molecule has 1 unspecified atom stereocenters. The van der Waals surface area contributed by atoms with E-state index >= 15 is 0 Å². The molecule has 4 aliphatic rings. The highest BCUT2D eigenvalue weighted by atomic mass is 16.5. The van der Waals surface area contributed by atoms with Crippen LogP contribution in [0.3, 0.4) is 0 Å². The second kappa shape index (κ2) is 9.57. The summed E-state index contributed by atoms with van der Waals surface area (Å²) in [5.74, 6) is -0.0721. The lowest BCUT2D eigenvalue weighted by Crippen LogP contribution is -2.52. The zero-order chi connectivity index (χ0) is 21.9. The van der Waals surface area contributed by atoms with Gasteiger partial charge in [-0.05, 0) is 50.4 Å². The third kappa shape index (κ3) is 4.37. The first-order chi connectivity index (χ1) is 15.7. The molecule has 5 rings (SSSR count). The van der Waals surface area contributed by atoms with Gasteiger partial charge in [-0.25, -0.2) is 0 Å². The van der Waals surface area contributed by atoms with E-state index in [1.165, 1.54) is 6.42 Å². The number of para-hydroxylation sites is 2. The van der Waals surface area contributed by atoms with Crippen LogP contribution in [-0.2, 0) is 14.3 Å². The Kier molecular flexibility index (Phi) is 6.39. The van der Waals surface area contributed by atoms with Crippen molar-refractivity contribution in [3.63, 3.8) is 0 Å². The molecule has 0 aromatic heterocycles. The van der Waals surface area contributed by atoms with Gasteiger partial charge < -0.3 is 10.1 Å². The van der Waals surface area contributed by atoms with Gasteiger partial charge in [0.2, 0.25) is 5.91 Å². The number of piperidine rings is 1. The first kappa shape index (κ1) is 21.4. The first-order valence-electron chi connectivity index (χ1n) is 11.9. The van der Waals surface area contributed by atoms with Crippen LogP contribution in [0, 0.1) is 0 Å². The van der Waals surface area contributed by atoms with E-state index in [0.29, 0.717) is 30.3 Å². The van der Waals surface area contributed by atoms with Crippen LogP contribution in [0.1, 0.15) is 32.1 Å². The third-order valence-corrected chi connectivity index (χ3v) is 6.96. The van der Waals surface area contributed by atoms with Crippen molar-refractivity contribution in [1.82, 2.24) is 9.80 Å². The maximum absolute atomic E-state index is 13.8. The number of rotatable bonds is 4. The lowest BCUT2D eigenvalue weighted by Gasteiger charge is -2.40. The summed E-state index contributed by atoms with van der Waals surface area (Å²) < 4.78 is 5.50. The fourth-order valence-electron chi connectivity index (χ4n) is 5.26. The molecule has 3 aliphatic heterocycles. The number of carbonyl (C=O) groups is 2. The van der Waals surface area contributed by atoms with Gasteiger partial charge in [0.1, 0.15) is 0 Å². The van der Waals surface area contributed by atoms with E-state index in [9.17, 15) is 9.59 Å². The zero-order valence-electron chi connectivity index (χ0n) is 18.6. The normalized spacial score (nSPS) is 24.6. The Morgan fingerprint density at radius 1 is 1.12 bits per heavy atom. The summed E-state index contributed by atoms with van der Waals surface area (Å²) in [6, 6.07) is 7.99. The van der Waals surface area contributed by atoms with Gasteiger partial charge in [-0.2, -0.15) is 0 Å². The second-order valence-corrected chi connectivity index (χ2v) is 9.04. The molecule has 0 saturated carbocycles.